The average molecular weight is 480 g/mol. The van der Waals surface area contributed by atoms with Gasteiger partial charge in [0.1, 0.15) is 5.75 Å². The zero-order chi connectivity index (χ0) is 22.8. The van der Waals surface area contributed by atoms with Crippen LogP contribution in [0.1, 0.15) is 29.1 Å². The normalized spacial score (nSPS) is 11.5. The van der Waals surface area contributed by atoms with Crippen LogP contribution in [0.2, 0.25) is 5.02 Å². The van der Waals surface area contributed by atoms with Crippen molar-refractivity contribution in [2.45, 2.75) is 31.7 Å². The van der Waals surface area contributed by atoms with Crippen LogP contribution in [-0.2, 0) is 10.0 Å². The molecule has 31 heavy (non-hydrogen) atoms. The van der Waals surface area contributed by atoms with Crippen molar-refractivity contribution in [3.63, 3.8) is 0 Å². The lowest BCUT2D eigenvalue weighted by molar-refractivity contribution is 0.102. The fraction of sp³-hybridized carbons (Fsp3) is 0.238. The van der Waals surface area contributed by atoms with Gasteiger partial charge in [0.05, 0.1) is 28.3 Å². The van der Waals surface area contributed by atoms with Gasteiger partial charge in [0.2, 0.25) is 10.0 Å². The molecule has 0 aliphatic rings. The number of hydrogen-bond donors (Lipinski definition) is 2. The Bertz CT molecular complexity index is 1210. The van der Waals surface area contributed by atoms with Crippen LogP contribution in [0, 0.1) is 6.92 Å². The largest absolute Gasteiger partial charge is 0.497 e. The molecule has 3 aromatic rings. The summed E-state index contributed by atoms with van der Waals surface area (Å²) in [6, 6.07) is 11.2. The molecule has 0 spiro atoms. The number of methoxy groups -OCH3 is 1. The first kappa shape index (κ1) is 23.2. The second-order valence-electron chi connectivity index (χ2n) is 7.02. The number of carbonyl (C=O) groups excluding carboxylic acids is 1. The number of nitrogens with zero attached hydrogens (tertiary/aromatic N) is 1. The Morgan fingerprint density at radius 3 is 2.45 bits per heavy atom. The lowest BCUT2D eigenvalue weighted by Crippen LogP contribution is -2.30. The molecule has 0 aliphatic carbocycles. The molecule has 0 saturated heterocycles. The van der Waals surface area contributed by atoms with E-state index in [2.05, 4.69) is 15.0 Å². The quantitative estimate of drug-likeness (QED) is 0.511. The van der Waals surface area contributed by atoms with E-state index in [4.69, 9.17) is 16.3 Å². The van der Waals surface area contributed by atoms with Crippen molar-refractivity contribution < 1.29 is 17.9 Å². The molecule has 0 radical (unpaired) electrons. The third kappa shape index (κ3) is 5.43. The van der Waals surface area contributed by atoms with E-state index < -0.39 is 15.9 Å². The average Bonchev–Trinajstić information content (AvgIpc) is 3.07. The van der Waals surface area contributed by atoms with E-state index in [1.165, 1.54) is 29.5 Å². The minimum Gasteiger partial charge on any atom is -0.497 e. The highest BCUT2D eigenvalue weighted by Gasteiger charge is 2.21. The van der Waals surface area contributed by atoms with E-state index in [-0.39, 0.29) is 21.5 Å². The van der Waals surface area contributed by atoms with Gasteiger partial charge < -0.3 is 4.74 Å². The monoisotopic (exact) mass is 479 g/mol. The van der Waals surface area contributed by atoms with E-state index in [9.17, 15) is 13.2 Å². The van der Waals surface area contributed by atoms with Gasteiger partial charge in [0, 0.05) is 16.5 Å². The van der Waals surface area contributed by atoms with Gasteiger partial charge in [-0.15, -0.1) is 11.3 Å². The van der Waals surface area contributed by atoms with Crippen molar-refractivity contribution in [1.29, 1.82) is 0 Å². The van der Waals surface area contributed by atoms with Crippen LogP contribution < -0.4 is 14.8 Å². The van der Waals surface area contributed by atoms with Gasteiger partial charge in [-0.2, -0.15) is 0 Å². The van der Waals surface area contributed by atoms with Crippen molar-refractivity contribution in [3.8, 4) is 17.0 Å². The predicted octanol–water partition coefficient (Wildman–Crippen LogP) is 4.72. The predicted molar refractivity (Wildman–Crippen MR) is 124 cm³/mol. The smallest absolute Gasteiger partial charge is 0.259 e. The van der Waals surface area contributed by atoms with E-state index in [1.807, 2.05) is 31.2 Å². The molecule has 0 aliphatic heterocycles. The SMILES string of the molecule is COc1ccc(-c2nc(NC(=O)c3cc(S(=O)(=O)NC(C)C)ccc3Cl)sc2C)cc1. The number of amides is 1. The highest BCUT2D eigenvalue weighted by molar-refractivity contribution is 7.89. The van der Waals surface area contributed by atoms with Crippen LogP contribution in [0.25, 0.3) is 11.3 Å². The van der Waals surface area contributed by atoms with Crippen LogP contribution >= 0.6 is 22.9 Å². The fourth-order valence-corrected chi connectivity index (χ4v) is 5.17. The molecule has 0 fully saturated rings. The van der Waals surface area contributed by atoms with Crippen LogP contribution in [-0.4, -0.2) is 32.5 Å². The number of halogens is 1. The Morgan fingerprint density at radius 2 is 1.84 bits per heavy atom. The molecule has 2 N–H and O–H groups in total. The number of sulfonamides is 1. The van der Waals surface area contributed by atoms with E-state index in [1.54, 1.807) is 21.0 Å². The number of carbonyl (C=O) groups is 1. The molecule has 0 atom stereocenters. The van der Waals surface area contributed by atoms with E-state index in [0.717, 1.165) is 21.9 Å². The van der Waals surface area contributed by atoms with Crippen LogP contribution in [0.15, 0.2) is 47.4 Å². The molecular weight excluding hydrogens is 458 g/mol. The van der Waals surface area contributed by atoms with Gasteiger partial charge in [0.25, 0.3) is 5.91 Å². The maximum absolute atomic E-state index is 12.8. The summed E-state index contributed by atoms with van der Waals surface area (Å²) in [4.78, 5) is 18.2. The van der Waals surface area contributed by atoms with Gasteiger partial charge in [-0.3, -0.25) is 10.1 Å². The Labute approximate surface area is 190 Å². The van der Waals surface area contributed by atoms with Crippen LogP contribution in [0.3, 0.4) is 0 Å². The second-order valence-corrected chi connectivity index (χ2v) is 10.3. The number of benzene rings is 2. The van der Waals surface area contributed by atoms with Gasteiger partial charge >= 0.3 is 0 Å². The number of anilines is 1. The van der Waals surface area contributed by atoms with Crippen molar-refractivity contribution >= 4 is 44.0 Å². The Balaban J connectivity index is 1.86. The van der Waals surface area contributed by atoms with E-state index in [0.29, 0.717) is 5.13 Å². The van der Waals surface area contributed by atoms with E-state index >= 15 is 0 Å². The molecule has 0 unspecified atom stereocenters. The summed E-state index contributed by atoms with van der Waals surface area (Å²) in [6.07, 6.45) is 0. The van der Waals surface area contributed by atoms with Crippen LogP contribution in [0.5, 0.6) is 5.75 Å². The first-order valence-corrected chi connectivity index (χ1v) is 12.0. The number of aromatic nitrogens is 1. The number of ether oxygens (including phenoxy) is 1. The van der Waals surface area contributed by atoms with Gasteiger partial charge in [-0.25, -0.2) is 18.1 Å². The highest BCUT2D eigenvalue weighted by atomic mass is 35.5. The van der Waals surface area contributed by atoms with Crippen molar-refractivity contribution in [2.24, 2.45) is 0 Å². The fourth-order valence-electron chi connectivity index (χ4n) is 2.85. The lowest BCUT2D eigenvalue weighted by atomic mass is 10.1. The van der Waals surface area contributed by atoms with Crippen molar-refractivity contribution in [2.75, 3.05) is 12.4 Å². The van der Waals surface area contributed by atoms with Crippen molar-refractivity contribution in [1.82, 2.24) is 9.71 Å². The molecule has 0 saturated carbocycles. The van der Waals surface area contributed by atoms with Crippen molar-refractivity contribution in [3.05, 3.63) is 57.9 Å². The number of aryl methyl sites for hydroxylation is 1. The molecule has 7 nitrogen and oxygen atoms in total. The molecule has 1 heterocycles. The molecule has 3 rings (SSSR count). The Hall–Kier alpha value is -2.46. The number of hydrogen-bond acceptors (Lipinski definition) is 6. The first-order chi connectivity index (χ1) is 14.6. The Kier molecular flexibility index (Phi) is 7.00. The number of nitrogens with one attached hydrogen (secondary N) is 2. The molecule has 164 valence electrons. The molecular formula is C21H22ClN3O4S2. The topological polar surface area (TPSA) is 97.4 Å². The standard InChI is InChI=1S/C21H22ClN3O4S2/c1-12(2)25-31(27,28)16-9-10-18(22)17(11-16)20(26)24-21-23-19(13(3)30-21)14-5-7-15(29-4)8-6-14/h5-12,25H,1-4H3,(H,23,24,26). The molecule has 1 amide bonds. The summed E-state index contributed by atoms with van der Waals surface area (Å²) in [7, 11) is -2.16. The van der Waals surface area contributed by atoms with Gasteiger partial charge in [-0.05, 0) is 63.2 Å². The summed E-state index contributed by atoms with van der Waals surface area (Å²) in [5.74, 6) is 0.197. The molecule has 2 aromatic carbocycles. The zero-order valence-corrected chi connectivity index (χ0v) is 19.8. The summed E-state index contributed by atoms with van der Waals surface area (Å²) in [5.41, 5.74) is 1.68. The molecule has 1 aromatic heterocycles. The lowest BCUT2D eigenvalue weighted by Gasteiger charge is -2.11. The zero-order valence-electron chi connectivity index (χ0n) is 17.4. The van der Waals surface area contributed by atoms with Gasteiger partial charge in [-0.1, -0.05) is 11.6 Å². The summed E-state index contributed by atoms with van der Waals surface area (Å²) < 4.78 is 32.5. The number of rotatable bonds is 7. The Morgan fingerprint density at radius 1 is 1.16 bits per heavy atom. The highest BCUT2D eigenvalue weighted by Crippen LogP contribution is 2.32. The minimum atomic E-state index is -3.76. The third-order valence-electron chi connectivity index (χ3n) is 4.26. The second kappa shape index (κ2) is 9.35. The molecule has 0 bridgehead atoms. The maximum Gasteiger partial charge on any atom is 0.259 e. The maximum atomic E-state index is 12.8. The summed E-state index contributed by atoms with van der Waals surface area (Å²) in [5, 5.41) is 3.25. The first-order valence-electron chi connectivity index (χ1n) is 9.36. The third-order valence-corrected chi connectivity index (χ3v) is 7.14. The number of thiazole rings is 1. The van der Waals surface area contributed by atoms with Crippen LogP contribution in [0.4, 0.5) is 5.13 Å². The van der Waals surface area contributed by atoms with Gasteiger partial charge in [0.15, 0.2) is 5.13 Å². The summed E-state index contributed by atoms with van der Waals surface area (Å²) in [6.45, 7) is 5.34. The molecule has 10 heteroatoms. The minimum absolute atomic E-state index is 0.0370. The summed E-state index contributed by atoms with van der Waals surface area (Å²) >= 11 is 7.49.